The fourth-order valence-electron chi connectivity index (χ4n) is 3.61. The zero-order valence-electron chi connectivity index (χ0n) is 17.3. The van der Waals surface area contributed by atoms with Crippen LogP contribution in [0.3, 0.4) is 0 Å². The van der Waals surface area contributed by atoms with Crippen molar-refractivity contribution in [3.05, 3.63) is 54.1 Å². The fraction of sp³-hybridized carbons (Fsp3) is 0.409. The van der Waals surface area contributed by atoms with Gasteiger partial charge in [-0.05, 0) is 42.2 Å². The molecule has 0 unspecified atom stereocenters. The number of halogens is 1. The van der Waals surface area contributed by atoms with E-state index in [0.717, 1.165) is 49.3 Å². The summed E-state index contributed by atoms with van der Waals surface area (Å²) in [6, 6.07) is 14.5. The van der Waals surface area contributed by atoms with E-state index in [1.54, 1.807) is 7.05 Å². The average molecular weight is 520 g/mol. The van der Waals surface area contributed by atoms with Crippen molar-refractivity contribution < 1.29 is 4.74 Å². The van der Waals surface area contributed by atoms with E-state index in [0.29, 0.717) is 13.2 Å². The zero-order chi connectivity index (χ0) is 19.9. The van der Waals surface area contributed by atoms with Crippen molar-refractivity contribution in [3.63, 3.8) is 0 Å². The van der Waals surface area contributed by atoms with Crippen LogP contribution in [0.4, 0.5) is 0 Å². The number of benzene rings is 2. The summed E-state index contributed by atoms with van der Waals surface area (Å²) in [4.78, 5) is 4.29. The summed E-state index contributed by atoms with van der Waals surface area (Å²) in [6.07, 6.45) is 4.31. The zero-order valence-corrected chi connectivity index (χ0v) is 19.6. The van der Waals surface area contributed by atoms with Crippen LogP contribution in [0.1, 0.15) is 30.9 Å². The Bertz CT molecular complexity index is 987. The highest BCUT2D eigenvalue weighted by Crippen LogP contribution is 2.20. The molecule has 160 valence electrons. The molecule has 0 radical (unpaired) electrons. The molecule has 3 aromatic rings. The van der Waals surface area contributed by atoms with E-state index in [4.69, 9.17) is 4.74 Å². The fourth-order valence-corrected chi connectivity index (χ4v) is 3.61. The van der Waals surface area contributed by atoms with Gasteiger partial charge >= 0.3 is 0 Å². The topological polar surface area (TPSA) is 76.4 Å². The molecule has 8 heteroatoms. The van der Waals surface area contributed by atoms with Crippen molar-refractivity contribution in [2.75, 3.05) is 20.2 Å². The number of hydrogen-bond acceptors (Lipinski definition) is 4. The molecule has 30 heavy (non-hydrogen) atoms. The Labute approximate surface area is 194 Å². The van der Waals surface area contributed by atoms with Crippen LogP contribution in [-0.4, -0.2) is 40.9 Å². The predicted molar refractivity (Wildman–Crippen MR) is 131 cm³/mol. The number of hydrogen-bond donors (Lipinski definition) is 2. The number of rotatable bonds is 7. The second-order valence-electron chi connectivity index (χ2n) is 7.20. The lowest BCUT2D eigenvalue weighted by Gasteiger charge is -2.16. The van der Waals surface area contributed by atoms with E-state index >= 15 is 0 Å². The van der Waals surface area contributed by atoms with Crippen LogP contribution < -0.4 is 15.4 Å². The van der Waals surface area contributed by atoms with Crippen molar-refractivity contribution >= 4 is 40.7 Å². The number of guanidine groups is 1. The van der Waals surface area contributed by atoms with Gasteiger partial charge in [0.05, 0.1) is 13.2 Å². The lowest BCUT2D eigenvalue weighted by molar-refractivity contribution is 0.311. The van der Waals surface area contributed by atoms with Gasteiger partial charge in [0, 0.05) is 26.6 Å². The number of ether oxygens (including phenoxy) is 1. The van der Waals surface area contributed by atoms with Crippen LogP contribution >= 0.6 is 24.0 Å². The minimum atomic E-state index is 0. The van der Waals surface area contributed by atoms with E-state index in [9.17, 15) is 0 Å². The molecule has 1 aliphatic rings. The van der Waals surface area contributed by atoms with Gasteiger partial charge in [-0.25, -0.2) is 0 Å². The minimum Gasteiger partial charge on any atom is -0.494 e. The quantitative estimate of drug-likeness (QED) is 0.216. The molecule has 1 aromatic heterocycles. The highest BCUT2D eigenvalue weighted by molar-refractivity contribution is 14.0. The first-order valence-electron chi connectivity index (χ1n) is 10.3. The van der Waals surface area contributed by atoms with E-state index in [2.05, 4.69) is 54.7 Å². The van der Waals surface area contributed by atoms with Crippen LogP contribution in [-0.2, 0) is 19.5 Å². The third-order valence-corrected chi connectivity index (χ3v) is 5.18. The standard InChI is InChI=1S/C22H28N6O.HI/c1-23-22(25-16-21-27-26-20-9-4-5-13-28(20)21)24-12-6-14-29-19-11-10-17-7-2-3-8-18(17)15-19;/h2-3,7-8,10-11,15H,4-6,9,12-14,16H2,1H3,(H2,23,24,25);1H. The number of nitrogens with zero attached hydrogens (tertiary/aromatic N) is 4. The van der Waals surface area contributed by atoms with Crippen molar-refractivity contribution in [1.29, 1.82) is 0 Å². The summed E-state index contributed by atoms with van der Waals surface area (Å²) in [5, 5.41) is 17.7. The van der Waals surface area contributed by atoms with Gasteiger partial charge in [0.2, 0.25) is 0 Å². The SMILES string of the molecule is CN=C(NCCCOc1ccc2ccccc2c1)NCc1nnc2n1CCCC2.I. The first-order valence-corrected chi connectivity index (χ1v) is 10.3. The van der Waals surface area contributed by atoms with E-state index in [-0.39, 0.29) is 24.0 Å². The maximum Gasteiger partial charge on any atom is 0.191 e. The highest BCUT2D eigenvalue weighted by Gasteiger charge is 2.15. The maximum atomic E-state index is 5.89. The Balaban J connectivity index is 0.00000256. The summed E-state index contributed by atoms with van der Waals surface area (Å²) in [5.74, 6) is 3.75. The molecule has 2 aromatic carbocycles. The smallest absolute Gasteiger partial charge is 0.191 e. The van der Waals surface area contributed by atoms with Gasteiger partial charge in [0.1, 0.15) is 11.6 Å². The van der Waals surface area contributed by atoms with Crippen LogP contribution in [0.5, 0.6) is 5.75 Å². The Hall–Kier alpha value is -2.36. The average Bonchev–Trinajstić information content (AvgIpc) is 3.18. The third-order valence-electron chi connectivity index (χ3n) is 5.18. The van der Waals surface area contributed by atoms with Crippen molar-refractivity contribution in [2.45, 2.75) is 38.8 Å². The molecule has 2 heterocycles. The highest BCUT2D eigenvalue weighted by atomic mass is 127. The second-order valence-corrected chi connectivity index (χ2v) is 7.20. The molecule has 0 amide bonds. The van der Waals surface area contributed by atoms with Crippen LogP contribution in [0.2, 0.25) is 0 Å². The molecule has 7 nitrogen and oxygen atoms in total. The van der Waals surface area contributed by atoms with Crippen molar-refractivity contribution in [2.24, 2.45) is 4.99 Å². The van der Waals surface area contributed by atoms with Crippen molar-refractivity contribution in [1.82, 2.24) is 25.4 Å². The Morgan fingerprint density at radius 2 is 1.97 bits per heavy atom. The van der Waals surface area contributed by atoms with E-state index < -0.39 is 0 Å². The van der Waals surface area contributed by atoms with Crippen LogP contribution in [0.25, 0.3) is 10.8 Å². The van der Waals surface area contributed by atoms with Gasteiger partial charge in [-0.1, -0.05) is 30.3 Å². The van der Waals surface area contributed by atoms with Gasteiger partial charge in [-0.3, -0.25) is 4.99 Å². The number of aliphatic imine (C=N–C) groups is 1. The van der Waals surface area contributed by atoms with Crippen LogP contribution in [0.15, 0.2) is 47.5 Å². The van der Waals surface area contributed by atoms with Gasteiger partial charge in [-0.2, -0.15) is 0 Å². The molecular weight excluding hydrogens is 491 g/mol. The van der Waals surface area contributed by atoms with Crippen molar-refractivity contribution in [3.8, 4) is 5.75 Å². The molecule has 1 aliphatic heterocycles. The van der Waals surface area contributed by atoms with E-state index in [1.165, 1.54) is 23.6 Å². The predicted octanol–water partition coefficient (Wildman–Crippen LogP) is 3.52. The summed E-state index contributed by atoms with van der Waals surface area (Å²) >= 11 is 0. The monoisotopic (exact) mass is 520 g/mol. The third kappa shape index (κ3) is 5.62. The minimum absolute atomic E-state index is 0. The molecule has 0 aliphatic carbocycles. The molecule has 0 saturated heterocycles. The van der Waals surface area contributed by atoms with Gasteiger partial charge in [0.25, 0.3) is 0 Å². The summed E-state index contributed by atoms with van der Waals surface area (Å²) in [6.45, 7) is 3.07. The molecular formula is C22H29IN6O. The summed E-state index contributed by atoms with van der Waals surface area (Å²) < 4.78 is 8.11. The number of fused-ring (bicyclic) bond motifs is 2. The summed E-state index contributed by atoms with van der Waals surface area (Å²) in [5.41, 5.74) is 0. The van der Waals surface area contributed by atoms with Gasteiger partial charge in [-0.15, -0.1) is 34.2 Å². The normalized spacial score (nSPS) is 13.4. The van der Waals surface area contributed by atoms with Crippen LogP contribution in [0, 0.1) is 0 Å². The molecule has 4 rings (SSSR count). The second kappa shape index (κ2) is 11.1. The number of nitrogens with one attached hydrogen (secondary N) is 2. The lowest BCUT2D eigenvalue weighted by Crippen LogP contribution is -2.38. The molecule has 2 N–H and O–H groups in total. The largest absolute Gasteiger partial charge is 0.494 e. The Kier molecular flexibility index (Phi) is 8.30. The number of aromatic nitrogens is 3. The first-order chi connectivity index (χ1) is 14.3. The molecule has 0 bridgehead atoms. The van der Waals surface area contributed by atoms with Gasteiger partial charge in [0.15, 0.2) is 11.8 Å². The maximum absolute atomic E-state index is 5.89. The lowest BCUT2D eigenvalue weighted by atomic mass is 10.1. The van der Waals surface area contributed by atoms with E-state index in [1.807, 2.05) is 18.2 Å². The molecule has 0 saturated carbocycles. The first kappa shape index (κ1) is 22.3. The summed E-state index contributed by atoms with van der Waals surface area (Å²) in [7, 11) is 1.78. The molecule has 0 spiro atoms. The Morgan fingerprint density at radius 3 is 2.83 bits per heavy atom. The molecule has 0 fully saturated rings. The number of aryl methyl sites for hydroxylation is 1. The molecule has 0 atom stereocenters. The van der Waals surface area contributed by atoms with Gasteiger partial charge < -0.3 is 19.9 Å². The Morgan fingerprint density at radius 1 is 1.10 bits per heavy atom.